The Morgan fingerprint density at radius 1 is 1.05 bits per heavy atom. The van der Waals surface area contributed by atoms with Crippen molar-refractivity contribution in [1.82, 2.24) is 10.6 Å². The van der Waals surface area contributed by atoms with Crippen molar-refractivity contribution in [3.05, 3.63) is 124 Å². The SMILES string of the molecule is CNCCOc1cc2c(cc1O)CC#CC1=C(C=CC(N)N1)C(CCc1ccccc1)C1CCC3(Cc4cc(O)cc(OC)c4-c4ccc5c(c43)OC2C5COC(C)=O)C1. The van der Waals surface area contributed by atoms with Crippen LogP contribution in [0, 0.1) is 23.7 Å². The van der Waals surface area contributed by atoms with Crippen molar-refractivity contribution in [2.45, 2.75) is 75.5 Å². The first-order valence-corrected chi connectivity index (χ1v) is 21.1. The number of methoxy groups -OCH3 is 1. The molecule has 1 saturated carbocycles. The average molecular weight is 808 g/mol. The molecule has 0 radical (unpaired) electrons. The number of phenols is 2. The Bertz CT molecular complexity index is 2450. The third kappa shape index (κ3) is 7.24. The first-order chi connectivity index (χ1) is 29.2. The molecule has 6 N–H and O–H groups in total. The Hall–Kier alpha value is -5.89. The van der Waals surface area contributed by atoms with Crippen LogP contribution in [0.5, 0.6) is 28.7 Å². The summed E-state index contributed by atoms with van der Waals surface area (Å²) in [5.74, 6) is 8.64. The zero-order chi connectivity index (χ0) is 41.5. The monoisotopic (exact) mass is 807 g/mol. The van der Waals surface area contributed by atoms with Crippen LogP contribution in [0.25, 0.3) is 11.1 Å². The van der Waals surface area contributed by atoms with E-state index in [4.69, 9.17) is 24.7 Å². The van der Waals surface area contributed by atoms with Crippen molar-refractivity contribution in [2.75, 3.05) is 33.9 Å². The second-order valence-electron chi connectivity index (χ2n) is 16.9. The number of likely N-dealkylation sites (N-methyl/N-ethyl adjacent to an activating group) is 1. The number of esters is 1. The van der Waals surface area contributed by atoms with Gasteiger partial charge in [0.15, 0.2) is 11.5 Å². The maximum atomic E-state index is 12.5. The quantitative estimate of drug-likeness (QED) is 0.0632. The standard InChI is InChI=1S/C50H53N3O7/c1-29(54)59-28-40-37-14-15-38-46-33(22-34(55)24-44(46)57-3)27-50-19-18-32(26-50)35(13-12-30-8-5-4-6-9-30)36-16-17-45(51)53-41(36)11-7-10-31-23-42(56)43(58-21-20-52-2)25-39(31)48(40)60-49(37)47(38)50/h4-6,8-9,14-17,22-25,32,35,40,45,48,52-53,55-56H,10,12-13,18-21,26-28,51H2,1-3H3. The molecule has 310 valence electrons. The molecule has 0 aromatic heterocycles. The number of ether oxygens (including phenoxy) is 4. The molecule has 5 aliphatic rings. The van der Waals surface area contributed by atoms with E-state index in [9.17, 15) is 15.0 Å². The Morgan fingerprint density at radius 2 is 1.90 bits per heavy atom. The smallest absolute Gasteiger partial charge is 0.302 e. The van der Waals surface area contributed by atoms with Gasteiger partial charge in [0.05, 0.1) is 24.9 Å². The lowest BCUT2D eigenvalue weighted by atomic mass is 9.64. The van der Waals surface area contributed by atoms with Crippen LogP contribution in [0.1, 0.15) is 78.0 Å². The number of phenolic OH excluding ortho intramolecular Hbond substituents is 2. The lowest BCUT2D eigenvalue weighted by Gasteiger charge is -2.40. The Balaban J connectivity index is 1.28. The Morgan fingerprint density at radius 3 is 2.70 bits per heavy atom. The van der Waals surface area contributed by atoms with Gasteiger partial charge >= 0.3 is 5.97 Å². The summed E-state index contributed by atoms with van der Waals surface area (Å²) >= 11 is 0. The molecule has 4 aromatic carbocycles. The number of hydrogen-bond donors (Lipinski definition) is 5. The third-order valence-electron chi connectivity index (χ3n) is 13.3. The fourth-order valence-electron chi connectivity index (χ4n) is 10.7. The maximum absolute atomic E-state index is 12.5. The number of benzene rings is 4. The molecular formula is C50H53N3O7. The number of nitrogens with two attached hydrogens (primary N) is 1. The molecule has 0 amide bonds. The van der Waals surface area contributed by atoms with Crippen LogP contribution < -0.4 is 30.6 Å². The van der Waals surface area contributed by atoms with E-state index < -0.39 is 6.10 Å². The van der Waals surface area contributed by atoms with Gasteiger partial charge < -0.3 is 45.5 Å². The molecule has 10 heteroatoms. The van der Waals surface area contributed by atoms with Gasteiger partial charge in [-0.15, -0.1) is 0 Å². The van der Waals surface area contributed by atoms with Gasteiger partial charge in [-0.3, -0.25) is 4.79 Å². The van der Waals surface area contributed by atoms with Crippen LogP contribution in [0.3, 0.4) is 0 Å². The van der Waals surface area contributed by atoms with Crippen molar-refractivity contribution in [2.24, 2.45) is 17.6 Å². The molecule has 4 aromatic rings. The first kappa shape index (κ1) is 39.6. The Kier molecular flexibility index (Phi) is 10.7. The second kappa shape index (κ2) is 16.3. The summed E-state index contributed by atoms with van der Waals surface area (Å²) in [7, 11) is 3.50. The summed E-state index contributed by atoms with van der Waals surface area (Å²) in [5.41, 5.74) is 16.2. The van der Waals surface area contributed by atoms with Crippen LogP contribution in [-0.4, -0.2) is 56.3 Å². The first-order valence-electron chi connectivity index (χ1n) is 21.1. The van der Waals surface area contributed by atoms with E-state index in [2.05, 4.69) is 71.0 Å². The number of fused-ring (bicyclic) bond motifs is 6. The predicted molar refractivity (Wildman–Crippen MR) is 230 cm³/mol. The van der Waals surface area contributed by atoms with Gasteiger partial charge in [-0.25, -0.2) is 0 Å². The summed E-state index contributed by atoms with van der Waals surface area (Å²) in [5, 5.41) is 29.0. The van der Waals surface area contributed by atoms with E-state index in [1.165, 1.54) is 18.1 Å². The largest absolute Gasteiger partial charge is 0.508 e. The molecule has 1 spiro atoms. The molecule has 1 fully saturated rings. The zero-order valence-corrected chi connectivity index (χ0v) is 34.5. The van der Waals surface area contributed by atoms with E-state index in [0.29, 0.717) is 37.5 Å². The number of allylic oxidation sites excluding steroid dienone is 3. The van der Waals surface area contributed by atoms with Crippen LogP contribution in [-0.2, 0) is 34.2 Å². The zero-order valence-electron chi connectivity index (χ0n) is 34.5. The molecule has 3 aliphatic heterocycles. The number of aryl methyl sites for hydroxylation is 1. The molecule has 10 nitrogen and oxygen atoms in total. The van der Waals surface area contributed by atoms with Gasteiger partial charge in [-0.05, 0) is 115 Å². The van der Waals surface area contributed by atoms with Crippen molar-refractivity contribution in [3.8, 4) is 51.7 Å². The molecule has 60 heavy (non-hydrogen) atoms. The lowest BCUT2D eigenvalue weighted by Crippen LogP contribution is -2.38. The molecule has 9 rings (SSSR count). The highest BCUT2D eigenvalue weighted by atomic mass is 16.5. The summed E-state index contributed by atoms with van der Waals surface area (Å²) in [6.45, 7) is 2.47. The minimum Gasteiger partial charge on any atom is -0.508 e. The van der Waals surface area contributed by atoms with Crippen molar-refractivity contribution >= 4 is 5.97 Å². The summed E-state index contributed by atoms with van der Waals surface area (Å²) < 4.78 is 25.3. The summed E-state index contributed by atoms with van der Waals surface area (Å²) in [4.78, 5) is 12.5. The summed E-state index contributed by atoms with van der Waals surface area (Å²) in [6, 6.07) is 22.1. The molecular weight excluding hydrogens is 755 g/mol. The van der Waals surface area contributed by atoms with Gasteiger partial charge in [0, 0.05) is 53.6 Å². The van der Waals surface area contributed by atoms with E-state index in [-0.39, 0.29) is 53.4 Å². The number of nitrogens with one attached hydrogen (secondary N) is 2. The topological polar surface area (TPSA) is 145 Å². The van der Waals surface area contributed by atoms with Crippen molar-refractivity contribution in [3.63, 3.8) is 0 Å². The van der Waals surface area contributed by atoms with E-state index in [1.807, 2.05) is 25.3 Å². The predicted octanol–water partition coefficient (Wildman–Crippen LogP) is 7.25. The fourth-order valence-corrected chi connectivity index (χ4v) is 10.7. The van der Waals surface area contributed by atoms with Gasteiger partial charge in [-0.2, -0.15) is 0 Å². The number of carbonyl (C=O) groups is 1. The van der Waals surface area contributed by atoms with Crippen molar-refractivity contribution < 1.29 is 34.0 Å². The Labute approximate surface area is 351 Å². The second-order valence-corrected chi connectivity index (χ2v) is 16.9. The molecule has 0 saturated heterocycles. The lowest BCUT2D eigenvalue weighted by molar-refractivity contribution is -0.141. The van der Waals surface area contributed by atoms with Crippen LogP contribution in [0.15, 0.2) is 90.2 Å². The van der Waals surface area contributed by atoms with Crippen LogP contribution >= 0.6 is 0 Å². The van der Waals surface area contributed by atoms with Gasteiger partial charge in [-0.1, -0.05) is 54.5 Å². The third-order valence-corrected chi connectivity index (χ3v) is 13.3. The highest BCUT2D eigenvalue weighted by Gasteiger charge is 2.52. The van der Waals surface area contributed by atoms with Gasteiger partial charge in [0.2, 0.25) is 0 Å². The van der Waals surface area contributed by atoms with Crippen molar-refractivity contribution in [1.29, 1.82) is 0 Å². The molecule has 6 unspecified atom stereocenters. The number of dihydropyridines is 1. The number of aromatic hydroxyl groups is 2. The number of rotatable bonds is 10. The fraction of sp³-hybridized carbons (Fsp3) is 0.380. The van der Waals surface area contributed by atoms with Crippen LogP contribution in [0.4, 0.5) is 0 Å². The summed E-state index contributed by atoms with van der Waals surface area (Å²) in [6.07, 6.45) is 8.86. The van der Waals surface area contributed by atoms with E-state index in [1.54, 1.807) is 19.2 Å². The molecule has 6 atom stereocenters. The average Bonchev–Trinajstić information content (AvgIpc) is 3.82. The highest BCUT2D eigenvalue weighted by Crippen LogP contribution is 2.63. The van der Waals surface area contributed by atoms with E-state index >= 15 is 0 Å². The highest BCUT2D eigenvalue weighted by molar-refractivity contribution is 5.84. The normalized spacial score (nSPS) is 24.3. The minimum absolute atomic E-state index is 0.0128. The molecule has 3 heterocycles. The minimum atomic E-state index is -0.588. The molecule has 4 bridgehead atoms. The van der Waals surface area contributed by atoms with Gasteiger partial charge in [0.1, 0.15) is 36.6 Å². The van der Waals surface area contributed by atoms with E-state index in [0.717, 1.165) is 82.5 Å². The number of hydrogen-bond acceptors (Lipinski definition) is 10. The maximum Gasteiger partial charge on any atom is 0.302 e. The molecule has 2 aliphatic carbocycles. The number of carbonyl (C=O) groups excluding carboxylic acids is 1. The van der Waals surface area contributed by atoms with Gasteiger partial charge in [0.25, 0.3) is 0 Å². The van der Waals surface area contributed by atoms with Crippen LogP contribution in [0.2, 0.25) is 0 Å².